The van der Waals surface area contributed by atoms with Gasteiger partial charge in [-0.3, -0.25) is 4.79 Å². The molecular weight excluding hydrogens is 387 g/mol. The second-order valence-corrected chi connectivity index (χ2v) is 9.12. The van der Waals surface area contributed by atoms with E-state index in [9.17, 15) is 9.18 Å². The number of amides is 1. The van der Waals surface area contributed by atoms with Crippen LogP contribution in [0.25, 0.3) is 10.8 Å². The summed E-state index contributed by atoms with van der Waals surface area (Å²) in [5.41, 5.74) is 2.51. The van der Waals surface area contributed by atoms with Crippen molar-refractivity contribution in [3.05, 3.63) is 83.7 Å². The van der Waals surface area contributed by atoms with Crippen molar-refractivity contribution in [2.75, 3.05) is 26.2 Å². The van der Waals surface area contributed by atoms with Crippen molar-refractivity contribution in [3.63, 3.8) is 0 Å². The number of piperidine rings is 2. The van der Waals surface area contributed by atoms with Crippen LogP contribution in [0.4, 0.5) is 4.39 Å². The second kappa shape index (κ2) is 8.43. The number of fused-ring (bicyclic) bond motifs is 1. The quantitative estimate of drug-likeness (QED) is 0.658. The van der Waals surface area contributed by atoms with Gasteiger partial charge in [-0.15, -0.1) is 0 Å². The number of benzene rings is 3. The maximum Gasteiger partial charge on any atom is 0.227 e. The minimum atomic E-state index is -0.185. The minimum absolute atomic E-state index is 0.185. The third-order valence-corrected chi connectivity index (χ3v) is 7.49. The van der Waals surface area contributed by atoms with E-state index in [-0.39, 0.29) is 17.1 Å². The number of rotatable bonds is 3. The van der Waals surface area contributed by atoms with Gasteiger partial charge in [0.2, 0.25) is 5.91 Å². The Balaban J connectivity index is 1.29. The summed E-state index contributed by atoms with van der Waals surface area (Å²) in [5.74, 6) is 0.408. The van der Waals surface area contributed by atoms with Crippen LogP contribution < -0.4 is 5.32 Å². The molecule has 1 amide bonds. The SMILES string of the molecule is O=C(Cc1cccc2ccccc12)N1CCC2(CCNC[C@H]2c2ccc(F)cc2)CC1. The van der Waals surface area contributed by atoms with Crippen molar-refractivity contribution in [1.29, 1.82) is 0 Å². The van der Waals surface area contributed by atoms with Crippen molar-refractivity contribution in [2.45, 2.75) is 31.6 Å². The predicted molar refractivity (Wildman–Crippen MR) is 123 cm³/mol. The monoisotopic (exact) mass is 416 g/mol. The summed E-state index contributed by atoms with van der Waals surface area (Å²) in [7, 11) is 0. The van der Waals surface area contributed by atoms with E-state index in [1.165, 1.54) is 16.3 Å². The molecule has 2 heterocycles. The number of likely N-dealkylation sites (tertiary alicyclic amines) is 1. The third-order valence-electron chi connectivity index (χ3n) is 7.49. The summed E-state index contributed by atoms with van der Waals surface area (Å²) in [6.45, 7) is 3.56. The van der Waals surface area contributed by atoms with Gasteiger partial charge in [-0.25, -0.2) is 4.39 Å². The van der Waals surface area contributed by atoms with Crippen molar-refractivity contribution in [1.82, 2.24) is 10.2 Å². The highest BCUT2D eigenvalue weighted by Gasteiger charge is 2.44. The first kappa shape index (κ1) is 20.2. The van der Waals surface area contributed by atoms with Gasteiger partial charge in [0.1, 0.15) is 5.82 Å². The number of hydrogen-bond donors (Lipinski definition) is 1. The van der Waals surface area contributed by atoms with E-state index in [2.05, 4.69) is 34.5 Å². The number of nitrogens with one attached hydrogen (secondary N) is 1. The van der Waals surface area contributed by atoms with Gasteiger partial charge >= 0.3 is 0 Å². The van der Waals surface area contributed by atoms with Crippen LogP contribution in [0.1, 0.15) is 36.3 Å². The average Bonchev–Trinajstić information content (AvgIpc) is 2.81. The van der Waals surface area contributed by atoms with Gasteiger partial charge < -0.3 is 10.2 Å². The van der Waals surface area contributed by atoms with E-state index < -0.39 is 0 Å². The standard InChI is InChI=1S/C27H29FN2O/c28-23-10-8-21(9-11-23)25-19-29-15-12-27(25)13-16-30(17-14-27)26(31)18-22-6-3-5-20-4-1-2-7-24(20)22/h1-11,25,29H,12-19H2/t25-/m0/s1. The van der Waals surface area contributed by atoms with Crippen LogP contribution in [0.2, 0.25) is 0 Å². The fourth-order valence-electron chi connectivity index (χ4n) is 5.66. The fraction of sp³-hybridized carbons (Fsp3) is 0.370. The van der Waals surface area contributed by atoms with Crippen LogP contribution in [-0.2, 0) is 11.2 Å². The molecule has 2 saturated heterocycles. The lowest BCUT2D eigenvalue weighted by atomic mass is 9.62. The Labute approximate surface area is 183 Å². The molecule has 31 heavy (non-hydrogen) atoms. The van der Waals surface area contributed by atoms with Crippen LogP contribution in [0, 0.1) is 11.2 Å². The number of halogens is 1. The zero-order chi connectivity index (χ0) is 21.3. The molecular formula is C27H29FN2O. The summed E-state index contributed by atoms with van der Waals surface area (Å²) in [4.78, 5) is 15.2. The molecule has 3 nitrogen and oxygen atoms in total. The smallest absolute Gasteiger partial charge is 0.227 e. The lowest BCUT2D eigenvalue weighted by Crippen LogP contribution is -2.51. The largest absolute Gasteiger partial charge is 0.342 e. The van der Waals surface area contributed by atoms with Gasteiger partial charge in [-0.05, 0) is 65.3 Å². The fourth-order valence-corrected chi connectivity index (χ4v) is 5.66. The molecule has 0 aliphatic carbocycles. The van der Waals surface area contributed by atoms with Crippen LogP contribution >= 0.6 is 0 Å². The first-order valence-electron chi connectivity index (χ1n) is 11.4. The van der Waals surface area contributed by atoms with Crippen molar-refractivity contribution < 1.29 is 9.18 Å². The first-order valence-corrected chi connectivity index (χ1v) is 11.4. The summed E-state index contributed by atoms with van der Waals surface area (Å²) in [6.07, 6.45) is 3.59. The van der Waals surface area contributed by atoms with Gasteiger partial charge in [0.15, 0.2) is 0 Å². The molecule has 5 rings (SSSR count). The van der Waals surface area contributed by atoms with E-state index in [0.717, 1.165) is 51.0 Å². The summed E-state index contributed by atoms with van der Waals surface area (Å²) in [5, 5.41) is 5.88. The zero-order valence-electron chi connectivity index (χ0n) is 17.8. The molecule has 1 atom stereocenters. The molecule has 3 aromatic rings. The van der Waals surface area contributed by atoms with Gasteiger partial charge in [-0.1, -0.05) is 54.6 Å². The highest BCUT2D eigenvalue weighted by atomic mass is 19.1. The van der Waals surface area contributed by atoms with E-state index in [1.54, 1.807) is 12.1 Å². The second-order valence-electron chi connectivity index (χ2n) is 9.12. The van der Waals surface area contributed by atoms with E-state index >= 15 is 0 Å². The number of carbonyl (C=O) groups is 1. The third kappa shape index (κ3) is 3.97. The van der Waals surface area contributed by atoms with Crippen LogP contribution in [0.15, 0.2) is 66.7 Å². The molecule has 160 valence electrons. The first-order chi connectivity index (χ1) is 15.1. The van der Waals surface area contributed by atoms with E-state index in [4.69, 9.17) is 0 Å². The van der Waals surface area contributed by atoms with Crippen molar-refractivity contribution in [3.8, 4) is 0 Å². The molecule has 0 bridgehead atoms. The molecule has 0 aromatic heterocycles. The lowest BCUT2D eigenvalue weighted by molar-refractivity contribution is -0.133. The maximum atomic E-state index is 13.4. The topological polar surface area (TPSA) is 32.3 Å². The Morgan fingerprint density at radius 2 is 1.71 bits per heavy atom. The Kier molecular flexibility index (Phi) is 5.49. The Morgan fingerprint density at radius 1 is 0.968 bits per heavy atom. The molecule has 2 aliphatic heterocycles. The number of nitrogens with zero attached hydrogens (tertiary/aromatic N) is 1. The highest BCUT2D eigenvalue weighted by molar-refractivity contribution is 5.90. The summed E-state index contributed by atoms with van der Waals surface area (Å²) in [6, 6.07) is 21.5. The lowest BCUT2D eigenvalue weighted by Gasteiger charge is -2.49. The highest BCUT2D eigenvalue weighted by Crippen LogP contribution is 2.48. The Bertz CT molecular complexity index is 1060. The molecule has 4 heteroatoms. The Hall–Kier alpha value is -2.72. The molecule has 3 aromatic carbocycles. The van der Waals surface area contributed by atoms with Gasteiger partial charge in [0.05, 0.1) is 6.42 Å². The van der Waals surface area contributed by atoms with E-state index in [0.29, 0.717) is 12.3 Å². The molecule has 2 fully saturated rings. The molecule has 2 aliphatic rings. The number of carbonyl (C=O) groups excluding carboxylic acids is 1. The zero-order valence-corrected chi connectivity index (χ0v) is 17.8. The van der Waals surface area contributed by atoms with Crippen molar-refractivity contribution in [2.24, 2.45) is 5.41 Å². The molecule has 1 N–H and O–H groups in total. The average molecular weight is 417 g/mol. The Morgan fingerprint density at radius 3 is 2.52 bits per heavy atom. The van der Waals surface area contributed by atoms with E-state index in [1.807, 2.05) is 30.3 Å². The molecule has 0 unspecified atom stereocenters. The molecule has 0 radical (unpaired) electrons. The summed E-state index contributed by atoms with van der Waals surface area (Å²) >= 11 is 0. The van der Waals surface area contributed by atoms with Crippen LogP contribution in [0.5, 0.6) is 0 Å². The normalized spacial score (nSPS) is 20.8. The molecule has 1 spiro atoms. The number of hydrogen-bond acceptors (Lipinski definition) is 2. The van der Waals surface area contributed by atoms with Gasteiger partial charge in [0, 0.05) is 25.6 Å². The van der Waals surface area contributed by atoms with Crippen LogP contribution in [-0.4, -0.2) is 37.0 Å². The van der Waals surface area contributed by atoms with Gasteiger partial charge in [-0.2, -0.15) is 0 Å². The predicted octanol–water partition coefficient (Wildman–Crippen LogP) is 4.91. The minimum Gasteiger partial charge on any atom is -0.342 e. The van der Waals surface area contributed by atoms with Gasteiger partial charge in [0.25, 0.3) is 0 Å². The summed E-state index contributed by atoms with van der Waals surface area (Å²) < 4.78 is 13.4. The van der Waals surface area contributed by atoms with Crippen LogP contribution in [0.3, 0.4) is 0 Å². The maximum absolute atomic E-state index is 13.4. The van der Waals surface area contributed by atoms with Crippen molar-refractivity contribution >= 4 is 16.7 Å². The molecule has 0 saturated carbocycles.